The molecule has 1 aromatic carbocycles. The first-order valence-corrected chi connectivity index (χ1v) is 8.66. The zero-order chi connectivity index (χ0) is 19.0. The number of nitrogens with two attached hydrogens (primary N) is 1. The highest BCUT2D eigenvalue weighted by atomic mass is 16.7. The summed E-state index contributed by atoms with van der Waals surface area (Å²) in [5.41, 5.74) is 1.76. The number of aliphatic hydroxyl groups is 1. The van der Waals surface area contributed by atoms with Gasteiger partial charge in [-0.05, 0) is 36.5 Å². The summed E-state index contributed by atoms with van der Waals surface area (Å²) >= 11 is 0. The van der Waals surface area contributed by atoms with Crippen LogP contribution in [0.1, 0.15) is 18.4 Å². The first kappa shape index (κ1) is 17.2. The van der Waals surface area contributed by atoms with Gasteiger partial charge in [0, 0.05) is 5.57 Å². The quantitative estimate of drug-likeness (QED) is 0.749. The van der Waals surface area contributed by atoms with Crippen molar-refractivity contribution in [1.82, 2.24) is 5.01 Å². The molecular weight excluding hydrogens is 348 g/mol. The molecule has 1 aliphatic carbocycles. The van der Waals surface area contributed by atoms with Gasteiger partial charge in [0.15, 0.2) is 11.5 Å². The van der Waals surface area contributed by atoms with Crippen LogP contribution in [-0.4, -0.2) is 36.2 Å². The van der Waals surface area contributed by atoms with Crippen LogP contribution in [0.4, 0.5) is 0 Å². The molecule has 3 aliphatic rings. The van der Waals surface area contributed by atoms with Crippen LogP contribution in [0.25, 0.3) is 5.57 Å². The summed E-state index contributed by atoms with van der Waals surface area (Å²) in [7, 11) is 0. The third kappa shape index (κ3) is 2.85. The molecule has 1 atom stereocenters. The fraction of sp³-hybridized carbons (Fsp3) is 0.368. The molecule has 1 unspecified atom stereocenters. The third-order valence-corrected chi connectivity index (χ3v) is 4.86. The Bertz CT molecular complexity index is 921. The second-order valence-electron chi connectivity index (χ2n) is 6.52. The molecule has 0 amide bonds. The highest BCUT2D eigenvalue weighted by Crippen LogP contribution is 2.47. The molecule has 4 rings (SSSR count). The minimum Gasteiger partial charge on any atom is -0.475 e. The lowest BCUT2D eigenvalue weighted by molar-refractivity contribution is 0.0627. The van der Waals surface area contributed by atoms with Crippen molar-refractivity contribution in [3.8, 4) is 23.6 Å². The smallest absolute Gasteiger partial charge is 0.231 e. The summed E-state index contributed by atoms with van der Waals surface area (Å²) < 4.78 is 16.4. The highest BCUT2D eigenvalue weighted by molar-refractivity contribution is 5.90. The van der Waals surface area contributed by atoms with E-state index in [0.717, 1.165) is 12.8 Å². The summed E-state index contributed by atoms with van der Waals surface area (Å²) in [6.07, 6.45) is 1.90. The fourth-order valence-electron chi connectivity index (χ4n) is 3.53. The fourth-order valence-corrected chi connectivity index (χ4v) is 3.53. The van der Waals surface area contributed by atoms with Gasteiger partial charge in [-0.2, -0.15) is 10.5 Å². The predicted molar refractivity (Wildman–Crippen MR) is 93.3 cm³/mol. The number of hydrogen-bond acceptors (Lipinski definition) is 8. The van der Waals surface area contributed by atoms with E-state index in [1.54, 1.807) is 18.2 Å². The molecule has 1 fully saturated rings. The third-order valence-electron chi connectivity index (χ3n) is 4.86. The molecule has 0 aromatic heterocycles. The van der Waals surface area contributed by atoms with Gasteiger partial charge >= 0.3 is 0 Å². The Balaban J connectivity index is 1.90. The van der Waals surface area contributed by atoms with E-state index in [2.05, 4.69) is 12.1 Å². The molecule has 3 N–H and O–H groups in total. The lowest BCUT2D eigenvalue weighted by Gasteiger charge is -2.36. The zero-order valence-corrected chi connectivity index (χ0v) is 14.5. The minimum absolute atomic E-state index is 0.00189. The largest absolute Gasteiger partial charge is 0.475 e. The molecule has 0 spiro atoms. The van der Waals surface area contributed by atoms with Crippen LogP contribution >= 0.6 is 0 Å². The van der Waals surface area contributed by atoms with Crippen LogP contribution in [0.15, 0.2) is 35.2 Å². The van der Waals surface area contributed by atoms with Crippen molar-refractivity contribution < 1.29 is 19.3 Å². The number of aliphatic hydroxyl groups excluding tert-OH is 1. The van der Waals surface area contributed by atoms with Crippen molar-refractivity contribution in [2.75, 3.05) is 20.0 Å². The normalized spacial score (nSPS) is 21.2. The minimum atomic E-state index is -0.374. The predicted octanol–water partition coefficient (Wildman–Crippen LogP) is 1.40. The van der Waals surface area contributed by atoms with E-state index >= 15 is 0 Å². The number of fused-ring (bicyclic) bond motifs is 1. The van der Waals surface area contributed by atoms with Crippen LogP contribution < -0.4 is 15.3 Å². The van der Waals surface area contributed by atoms with E-state index in [1.807, 2.05) is 0 Å². The Labute approximate surface area is 156 Å². The number of hydrazine groups is 1. The number of nitrogens with zero attached hydrogens (tertiary/aromatic N) is 3. The standard InChI is InChI=1S/C19H18N4O4/c20-8-13-17(12-3-4-15-16(7-12)27-10-26-15)14(9-21)19(25-6-5-24)23(22)18(13)11-1-2-11/h3-4,7,11,18,24H,1-2,5-6,10,22H2. The van der Waals surface area contributed by atoms with Gasteiger partial charge in [-0.3, -0.25) is 5.01 Å². The van der Waals surface area contributed by atoms with Gasteiger partial charge in [0.05, 0.1) is 24.3 Å². The number of rotatable bonds is 5. The van der Waals surface area contributed by atoms with Crippen molar-refractivity contribution in [3.63, 3.8) is 0 Å². The number of nitriles is 2. The van der Waals surface area contributed by atoms with E-state index in [9.17, 15) is 10.5 Å². The maximum atomic E-state index is 9.90. The number of hydrogen-bond donors (Lipinski definition) is 2. The SMILES string of the molecule is N#CC1=C(OCCO)N(N)C(C2CC2)C(C#N)=C1c1ccc2c(c1)OCO2. The molecule has 27 heavy (non-hydrogen) atoms. The maximum Gasteiger partial charge on any atom is 0.231 e. The Morgan fingerprint density at radius 1 is 1.22 bits per heavy atom. The first-order valence-electron chi connectivity index (χ1n) is 8.66. The molecular formula is C19H18N4O4. The van der Waals surface area contributed by atoms with Crippen molar-refractivity contribution in [1.29, 1.82) is 10.5 Å². The van der Waals surface area contributed by atoms with Crippen molar-refractivity contribution in [2.24, 2.45) is 11.8 Å². The summed E-state index contributed by atoms with van der Waals surface area (Å²) in [5, 5.41) is 30.2. The molecule has 1 saturated carbocycles. The zero-order valence-electron chi connectivity index (χ0n) is 14.5. The van der Waals surface area contributed by atoms with Crippen LogP contribution in [0, 0.1) is 28.6 Å². The average Bonchev–Trinajstić information content (AvgIpc) is 3.41. The monoisotopic (exact) mass is 366 g/mol. The molecule has 0 saturated heterocycles. The lowest BCUT2D eigenvalue weighted by atomic mass is 9.85. The second kappa shape index (κ2) is 6.84. The topological polar surface area (TPSA) is 125 Å². The van der Waals surface area contributed by atoms with Gasteiger partial charge in [-0.1, -0.05) is 6.07 Å². The first-order chi connectivity index (χ1) is 13.2. The summed E-state index contributed by atoms with van der Waals surface area (Å²) in [5.74, 6) is 7.83. The lowest BCUT2D eigenvalue weighted by Crippen LogP contribution is -2.46. The van der Waals surface area contributed by atoms with Crippen LogP contribution in [0.5, 0.6) is 11.5 Å². The van der Waals surface area contributed by atoms with Crippen molar-refractivity contribution >= 4 is 5.57 Å². The molecule has 2 aliphatic heterocycles. The van der Waals surface area contributed by atoms with Crippen LogP contribution in [0.2, 0.25) is 0 Å². The van der Waals surface area contributed by atoms with Crippen LogP contribution in [0.3, 0.4) is 0 Å². The van der Waals surface area contributed by atoms with Gasteiger partial charge in [0.1, 0.15) is 18.2 Å². The molecule has 8 nitrogen and oxygen atoms in total. The Hall–Kier alpha value is -3.20. The van der Waals surface area contributed by atoms with Gasteiger partial charge in [-0.25, -0.2) is 5.84 Å². The summed E-state index contributed by atoms with van der Waals surface area (Å²) in [6, 6.07) is 9.31. The van der Waals surface area contributed by atoms with Gasteiger partial charge in [-0.15, -0.1) is 0 Å². The Kier molecular flexibility index (Phi) is 4.36. The van der Waals surface area contributed by atoms with E-state index in [1.165, 1.54) is 5.01 Å². The number of ether oxygens (including phenoxy) is 3. The van der Waals surface area contributed by atoms with Gasteiger partial charge in [0.2, 0.25) is 12.7 Å². The summed E-state index contributed by atoms with van der Waals surface area (Å²) in [4.78, 5) is 0. The highest BCUT2D eigenvalue weighted by Gasteiger charge is 2.44. The molecule has 0 radical (unpaired) electrons. The Morgan fingerprint density at radius 3 is 2.67 bits per heavy atom. The molecule has 0 bridgehead atoms. The Morgan fingerprint density at radius 2 is 2.00 bits per heavy atom. The van der Waals surface area contributed by atoms with Crippen molar-refractivity contribution in [2.45, 2.75) is 18.9 Å². The number of benzene rings is 1. The van der Waals surface area contributed by atoms with E-state index < -0.39 is 0 Å². The van der Waals surface area contributed by atoms with E-state index in [4.69, 9.17) is 25.2 Å². The second-order valence-corrected chi connectivity index (χ2v) is 6.52. The molecule has 1 aromatic rings. The molecule has 138 valence electrons. The average molecular weight is 366 g/mol. The van der Waals surface area contributed by atoms with E-state index in [0.29, 0.717) is 28.2 Å². The van der Waals surface area contributed by atoms with Crippen LogP contribution in [-0.2, 0) is 4.74 Å². The molecule has 2 heterocycles. The van der Waals surface area contributed by atoms with E-state index in [-0.39, 0.29) is 43.4 Å². The van der Waals surface area contributed by atoms with Gasteiger partial charge in [0.25, 0.3) is 0 Å². The summed E-state index contributed by atoms with van der Waals surface area (Å²) in [6.45, 7) is -0.0732. The molecule has 8 heteroatoms. The van der Waals surface area contributed by atoms with Gasteiger partial charge < -0.3 is 19.3 Å². The van der Waals surface area contributed by atoms with Crippen molar-refractivity contribution in [3.05, 3.63) is 40.8 Å². The number of allylic oxidation sites excluding steroid dienone is 2. The maximum absolute atomic E-state index is 9.90.